The normalized spacial score (nSPS) is 30.2. The van der Waals surface area contributed by atoms with Gasteiger partial charge in [-0.2, -0.15) is 0 Å². The molecule has 0 radical (unpaired) electrons. The van der Waals surface area contributed by atoms with Gasteiger partial charge in [0.2, 0.25) is 0 Å². The van der Waals surface area contributed by atoms with E-state index >= 15 is 0 Å². The predicted octanol–water partition coefficient (Wildman–Crippen LogP) is 1.64. The lowest BCUT2D eigenvalue weighted by molar-refractivity contribution is -0.106. The van der Waals surface area contributed by atoms with Crippen molar-refractivity contribution in [3.63, 3.8) is 0 Å². The Kier molecular flexibility index (Phi) is 4.23. The summed E-state index contributed by atoms with van der Waals surface area (Å²) in [5, 5.41) is 18.6. The lowest BCUT2D eigenvalue weighted by atomic mass is 10.1. The minimum Gasteiger partial charge on any atom is -0.394 e. The highest BCUT2D eigenvalue weighted by molar-refractivity contribution is 7.99. The van der Waals surface area contributed by atoms with E-state index in [1.807, 2.05) is 30.3 Å². The van der Waals surface area contributed by atoms with E-state index < -0.39 is 12.2 Å². The van der Waals surface area contributed by atoms with E-state index in [2.05, 4.69) is 0 Å². The molecule has 1 heterocycles. The molecule has 1 aliphatic heterocycles. The van der Waals surface area contributed by atoms with E-state index in [1.54, 1.807) is 11.8 Å². The molecule has 2 rings (SSSR count). The van der Waals surface area contributed by atoms with Crippen molar-refractivity contribution in [2.45, 2.75) is 35.4 Å². The Morgan fingerprint density at radius 2 is 2.00 bits per heavy atom. The van der Waals surface area contributed by atoms with Gasteiger partial charge >= 0.3 is 0 Å². The lowest BCUT2D eigenvalue weighted by Gasteiger charge is -2.32. The van der Waals surface area contributed by atoms with Gasteiger partial charge in [0.15, 0.2) is 0 Å². The van der Waals surface area contributed by atoms with Crippen LogP contribution in [0, 0.1) is 0 Å². The zero-order valence-corrected chi connectivity index (χ0v) is 9.77. The molecule has 0 saturated carbocycles. The van der Waals surface area contributed by atoms with Crippen LogP contribution >= 0.6 is 11.8 Å². The molecule has 16 heavy (non-hydrogen) atoms. The number of hydrogen-bond acceptors (Lipinski definition) is 4. The molecule has 0 unspecified atom stereocenters. The second kappa shape index (κ2) is 5.68. The Labute approximate surface area is 99.4 Å². The molecule has 2 N–H and O–H groups in total. The van der Waals surface area contributed by atoms with E-state index in [-0.39, 0.29) is 12.0 Å². The number of rotatable bonds is 3. The number of aliphatic hydroxyl groups excluding tert-OH is 2. The summed E-state index contributed by atoms with van der Waals surface area (Å²) in [4.78, 5) is 1.15. The Hall–Kier alpha value is -0.550. The number of aliphatic hydroxyl groups is 2. The van der Waals surface area contributed by atoms with E-state index in [0.717, 1.165) is 11.3 Å². The van der Waals surface area contributed by atoms with Gasteiger partial charge < -0.3 is 14.9 Å². The van der Waals surface area contributed by atoms with Crippen LogP contribution in [0.25, 0.3) is 0 Å². The fourth-order valence-corrected chi connectivity index (χ4v) is 2.82. The maximum atomic E-state index is 9.56. The SMILES string of the molecule is OC[C@H]1O[C@@H](Sc2ccccc2)CC[C@@H]1O. The first-order valence-corrected chi connectivity index (χ1v) is 6.33. The van der Waals surface area contributed by atoms with E-state index in [9.17, 15) is 5.11 Å². The van der Waals surface area contributed by atoms with Gasteiger partial charge in [-0.25, -0.2) is 0 Å². The average Bonchev–Trinajstić information content (AvgIpc) is 2.33. The minimum atomic E-state index is -0.530. The number of hydrogen-bond donors (Lipinski definition) is 2. The Balaban J connectivity index is 1.92. The van der Waals surface area contributed by atoms with Gasteiger partial charge in [0.25, 0.3) is 0 Å². The molecule has 3 nitrogen and oxygen atoms in total. The Bertz CT molecular complexity index is 317. The zero-order chi connectivity index (χ0) is 11.4. The third kappa shape index (κ3) is 2.98. The minimum absolute atomic E-state index is 0.0305. The monoisotopic (exact) mass is 240 g/mol. The van der Waals surface area contributed by atoms with E-state index in [4.69, 9.17) is 9.84 Å². The van der Waals surface area contributed by atoms with Crippen molar-refractivity contribution in [3.8, 4) is 0 Å². The summed E-state index contributed by atoms with van der Waals surface area (Å²) < 4.78 is 5.61. The summed E-state index contributed by atoms with van der Waals surface area (Å²) in [6, 6.07) is 10.0. The van der Waals surface area contributed by atoms with Crippen molar-refractivity contribution in [1.29, 1.82) is 0 Å². The molecule has 1 aliphatic rings. The molecule has 88 valence electrons. The third-order valence-electron chi connectivity index (χ3n) is 2.64. The highest BCUT2D eigenvalue weighted by atomic mass is 32.2. The van der Waals surface area contributed by atoms with Crippen molar-refractivity contribution in [1.82, 2.24) is 0 Å². The number of ether oxygens (including phenoxy) is 1. The van der Waals surface area contributed by atoms with Crippen LogP contribution in [0.5, 0.6) is 0 Å². The Morgan fingerprint density at radius 1 is 1.25 bits per heavy atom. The summed E-state index contributed by atoms with van der Waals surface area (Å²) in [6.07, 6.45) is 0.542. The van der Waals surface area contributed by atoms with Crippen molar-refractivity contribution in [2.24, 2.45) is 0 Å². The summed E-state index contributed by atoms with van der Waals surface area (Å²) >= 11 is 1.64. The average molecular weight is 240 g/mol. The first kappa shape index (κ1) is 11.9. The zero-order valence-electron chi connectivity index (χ0n) is 8.95. The maximum absolute atomic E-state index is 9.56. The van der Waals surface area contributed by atoms with Crippen LogP contribution < -0.4 is 0 Å². The van der Waals surface area contributed by atoms with Gasteiger partial charge in [0, 0.05) is 4.90 Å². The summed E-state index contributed by atoms with van der Waals surface area (Å²) in [7, 11) is 0. The van der Waals surface area contributed by atoms with E-state index in [0.29, 0.717) is 6.42 Å². The van der Waals surface area contributed by atoms with Crippen molar-refractivity contribution >= 4 is 11.8 Å². The van der Waals surface area contributed by atoms with Crippen LogP contribution in [0.3, 0.4) is 0 Å². The highest BCUT2D eigenvalue weighted by Gasteiger charge is 2.29. The smallest absolute Gasteiger partial charge is 0.108 e. The fraction of sp³-hybridized carbons (Fsp3) is 0.500. The van der Waals surface area contributed by atoms with Crippen molar-refractivity contribution in [2.75, 3.05) is 6.61 Å². The fourth-order valence-electron chi connectivity index (χ4n) is 1.75. The topological polar surface area (TPSA) is 49.7 Å². The molecule has 1 aromatic carbocycles. The molecule has 0 amide bonds. The second-order valence-corrected chi connectivity index (χ2v) is 5.10. The van der Waals surface area contributed by atoms with Gasteiger partial charge in [-0.05, 0) is 25.0 Å². The van der Waals surface area contributed by atoms with Crippen LogP contribution in [-0.4, -0.2) is 34.5 Å². The molecule has 0 aromatic heterocycles. The van der Waals surface area contributed by atoms with Crippen LogP contribution in [0.2, 0.25) is 0 Å². The largest absolute Gasteiger partial charge is 0.394 e. The molecule has 1 fully saturated rings. The number of thioether (sulfide) groups is 1. The Morgan fingerprint density at radius 3 is 2.69 bits per heavy atom. The summed E-state index contributed by atoms with van der Waals surface area (Å²) in [5.74, 6) is 0. The molecule has 3 atom stereocenters. The van der Waals surface area contributed by atoms with Gasteiger partial charge in [-0.3, -0.25) is 0 Å². The predicted molar refractivity (Wildman–Crippen MR) is 63.3 cm³/mol. The molecule has 0 aliphatic carbocycles. The molecule has 0 bridgehead atoms. The lowest BCUT2D eigenvalue weighted by Crippen LogP contribution is -2.39. The summed E-state index contributed by atoms with van der Waals surface area (Å²) in [5.41, 5.74) is 0.0305. The van der Waals surface area contributed by atoms with Crippen LogP contribution in [0.15, 0.2) is 35.2 Å². The van der Waals surface area contributed by atoms with Crippen molar-refractivity contribution < 1.29 is 14.9 Å². The number of benzene rings is 1. The maximum Gasteiger partial charge on any atom is 0.108 e. The van der Waals surface area contributed by atoms with Crippen molar-refractivity contribution in [3.05, 3.63) is 30.3 Å². The molecule has 4 heteroatoms. The molecule has 1 saturated heterocycles. The molecule has 1 aromatic rings. The van der Waals surface area contributed by atoms with Crippen LogP contribution in [-0.2, 0) is 4.74 Å². The van der Waals surface area contributed by atoms with Crippen LogP contribution in [0.1, 0.15) is 12.8 Å². The third-order valence-corrected chi connectivity index (χ3v) is 3.80. The highest BCUT2D eigenvalue weighted by Crippen LogP contribution is 2.32. The first-order chi connectivity index (χ1) is 7.79. The quantitative estimate of drug-likeness (QED) is 0.843. The van der Waals surface area contributed by atoms with Gasteiger partial charge in [0.05, 0.1) is 12.7 Å². The van der Waals surface area contributed by atoms with E-state index in [1.165, 1.54) is 0 Å². The molecular formula is C12H16O3S. The van der Waals surface area contributed by atoms with Gasteiger partial charge in [-0.1, -0.05) is 30.0 Å². The first-order valence-electron chi connectivity index (χ1n) is 5.45. The van der Waals surface area contributed by atoms with Gasteiger partial charge in [0.1, 0.15) is 11.5 Å². The molecular weight excluding hydrogens is 224 g/mol. The van der Waals surface area contributed by atoms with Crippen LogP contribution in [0.4, 0.5) is 0 Å². The van der Waals surface area contributed by atoms with Gasteiger partial charge in [-0.15, -0.1) is 0 Å². The second-order valence-electron chi connectivity index (χ2n) is 3.86. The summed E-state index contributed by atoms with van der Waals surface area (Å²) in [6.45, 7) is -0.118. The standard InChI is InChI=1S/C12H16O3S/c13-8-11-10(14)6-7-12(15-11)16-9-4-2-1-3-5-9/h1-5,10-14H,6-8H2/t10-,11+,12-/m0/s1. The molecule has 0 spiro atoms.